The highest BCUT2D eigenvalue weighted by Crippen LogP contribution is 2.37. The number of benzene rings is 1. The van der Waals surface area contributed by atoms with Crippen molar-refractivity contribution in [3.63, 3.8) is 0 Å². The average Bonchev–Trinajstić information content (AvgIpc) is 2.01. The van der Waals surface area contributed by atoms with Crippen LogP contribution in [0.5, 0.6) is 0 Å². The molecule has 0 aromatic heterocycles. The second-order valence-corrected chi connectivity index (χ2v) is 4.36. The molecule has 6 nitrogen and oxygen atoms in total. The van der Waals surface area contributed by atoms with Crippen molar-refractivity contribution in [3.05, 3.63) is 33.9 Å². The minimum atomic E-state index is -4.57. The summed E-state index contributed by atoms with van der Waals surface area (Å²) in [6.45, 7) is 1.61. The van der Waals surface area contributed by atoms with Gasteiger partial charge in [0, 0.05) is 6.07 Å². The number of nitro benzene ring substituents is 1. The molecule has 0 saturated carbocycles. The number of rotatable bonds is 2. The van der Waals surface area contributed by atoms with Crippen LogP contribution in [0.3, 0.4) is 0 Å². The van der Waals surface area contributed by atoms with Gasteiger partial charge >= 0.3 is 7.60 Å². The van der Waals surface area contributed by atoms with Crippen LogP contribution in [-0.2, 0) is 4.57 Å². The maximum atomic E-state index is 10.9. The van der Waals surface area contributed by atoms with Crippen molar-refractivity contribution in [2.45, 2.75) is 6.92 Å². The largest absolute Gasteiger partial charge is 0.363 e. The molecule has 1 aromatic rings. The van der Waals surface area contributed by atoms with Gasteiger partial charge < -0.3 is 9.79 Å². The molecule has 0 unspecified atom stereocenters. The molecule has 0 aliphatic heterocycles. The Labute approximate surface area is 79.5 Å². The van der Waals surface area contributed by atoms with E-state index >= 15 is 0 Å². The molecule has 0 aliphatic rings. The number of nitro groups is 1. The minimum absolute atomic E-state index is 0.543. The summed E-state index contributed by atoms with van der Waals surface area (Å²) in [6.07, 6.45) is 0. The molecule has 0 fully saturated rings. The third-order valence-corrected chi connectivity index (χ3v) is 2.65. The molecular formula is C7H8NO5P. The minimum Gasteiger partial charge on any atom is -0.321 e. The quantitative estimate of drug-likeness (QED) is 0.431. The van der Waals surface area contributed by atoms with Gasteiger partial charge in [-0.25, -0.2) is 0 Å². The molecule has 0 spiro atoms. The zero-order valence-corrected chi connectivity index (χ0v) is 8.14. The molecule has 0 atom stereocenters. The number of nitrogens with zero attached hydrogens (tertiary/aromatic N) is 1. The van der Waals surface area contributed by atoms with Gasteiger partial charge in [-0.05, 0) is 18.6 Å². The van der Waals surface area contributed by atoms with E-state index in [1.807, 2.05) is 0 Å². The molecule has 76 valence electrons. The van der Waals surface area contributed by atoms with Gasteiger partial charge in [-0.15, -0.1) is 0 Å². The Morgan fingerprint density at radius 3 is 2.43 bits per heavy atom. The molecule has 0 heterocycles. The normalized spacial score (nSPS) is 11.4. The third kappa shape index (κ3) is 2.17. The summed E-state index contributed by atoms with van der Waals surface area (Å²) in [7, 11) is -4.57. The van der Waals surface area contributed by atoms with Crippen LogP contribution in [-0.4, -0.2) is 14.7 Å². The smallest absolute Gasteiger partial charge is 0.321 e. The summed E-state index contributed by atoms with van der Waals surface area (Å²) in [5.74, 6) is 0. The predicted molar refractivity (Wildman–Crippen MR) is 49.5 cm³/mol. The molecular weight excluding hydrogens is 209 g/mol. The van der Waals surface area contributed by atoms with Gasteiger partial charge in [-0.1, -0.05) is 6.07 Å². The summed E-state index contributed by atoms with van der Waals surface area (Å²) in [6, 6.07) is 3.63. The molecule has 0 bridgehead atoms. The molecule has 1 rings (SSSR count). The van der Waals surface area contributed by atoms with Crippen molar-refractivity contribution < 1.29 is 19.3 Å². The first-order chi connectivity index (χ1) is 6.32. The van der Waals surface area contributed by atoms with Gasteiger partial charge in [0.1, 0.15) is 5.30 Å². The Hall–Kier alpha value is -1.23. The summed E-state index contributed by atoms with van der Waals surface area (Å²) in [5.41, 5.74) is 0.0345. The molecule has 0 aliphatic carbocycles. The van der Waals surface area contributed by atoms with E-state index in [2.05, 4.69) is 0 Å². The number of hydrogen-bond donors (Lipinski definition) is 2. The molecule has 0 saturated heterocycles. The Morgan fingerprint density at radius 2 is 2.00 bits per heavy atom. The van der Waals surface area contributed by atoms with E-state index in [1.54, 1.807) is 6.92 Å². The Kier molecular flexibility index (Phi) is 2.71. The Morgan fingerprint density at radius 1 is 1.43 bits per heavy atom. The monoisotopic (exact) mass is 217 g/mol. The fraction of sp³-hybridized carbons (Fsp3) is 0.143. The molecule has 0 radical (unpaired) electrons. The van der Waals surface area contributed by atoms with Crippen molar-refractivity contribution in [1.29, 1.82) is 0 Å². The lowest BCUT2D eigenvalue weighted by Gasteiger charge is -2.04. The van der Waals surface area contributed by atoms with Crippen molar-refractivity contribution in [1.82, 2.24) is 0 Å². The SMILES string of the molecule is Cc1ccc(P(=O)(O)O)c([N+](=O)[O-])c1. The molecule has 2 N–H and O–H groups in total. The second-order valence-electron chi connectivity index (χ2n) is 2.79. The lowest BCUT2D eigenvalue weighted by molar-refractivity contribution is -0.383. The summed E-state index contributed by atoms with van der Waals surface area (Å²) < 4.78 is 10.9. The maximum absolute atomic E-state index is 10.9. The third-order valence-electron chi connectivity index (χ3n) is 1.64. The van der Waals surface area contributed by atoms with Crippen molar-refractivity contribution >= 4 is 18.6 Å². The van der Waals surface area contributed by atoms with E-state index in [1.165, 1.54) is 6.07 Å². The highest BCUT2D eigenvalue weighted by molar-refractivity contribution is 7.60. The molecule has 1 aromatic carbocycles. The fourth-order valence-electron chi connectivity index (χ4n) is 1.03. The number of hydrogen-bond acceptors (Lipinski definition) is 3. The Balaban J connectivity index is 3.45. The first-order valence-electron chi connectivity index (χ1n) is 3.63. The van der Waals surface area contributed by atoms with E-state index < -0.39 is 23.5 Å². The van der Waals surface area contributed by atoms with Crippen LogP contribution in [0.2, 0.25) is 0 Å². The van der Waals surface area contributed by atoms with Crippen molar-refractivity contribution in [2.24, 2.45) is 0 Å². The molecule has 0 amide bonds. The van der Waals surface area contributed by atoms with Crippen LogP contribution < -0.4 is 5.30 Å². The van der Waals surface area contributed by atoms with Crippen LogP contribution >= 0.6 is 7.60 Å². The predicted octanol–water partition coefficient (Wildman–Crippen LogP) is 0.706. The van der Waals surface area contributed by atoms with Crippen LogP contribution in [0.1, 0.15) is 5.56 Å². The number of aryl methyl sites for hydroxylation is 1. The lowest BCUT2D eigenvalue weighted by Crippen LogP contribution is -2.10. The second kappa shape index (κ2) is 3.49. The summed E-state index contributed by atoms with van der Waals surface area (Å²) >= 11 is 0. The lowest BCUT2D eigenvalue weighted by atomic mass is 10.2. The zero-order valence-electron chi connectivity index (χ0n) is 7.25. The van der Waals surface area contributed by atoms with Gasteiger partial charge in [-0.3, -0.25) is 14.7 Å². The Bertz CT molecular complexity index is 424. The fourth-order valence-corrected chi connectivity index (χ4v) is 1.74. The van der Waals surface area contributed by atoms with Crippen LogP contribution in [0.4, 0.5) is 5.69 Å². The van der Waals surface area contributed by atoms with Gasteiger partial charge in [0.25, 0.3) is 5.69 Å². The highest BCUT2D eigenvalue weighted by atomic mass is 31.2. The summed E-state index contributed by atoms with van der Waals surface area (Å²) in [4.78, 5) is 27.3. The first kappa shape index (κ1) is 10.8. The highest BCUT2D eigenvalue weighted by Gasteiger charge is 2.27. The first-order valence-corrected chi connectivity index (χ1v) is 5.25. The average molecular weight is 217 g/mol. The van der Waals surface area contributed by atoms with Crippen LogP contribution in [0.15, 0.2) is 18.2 Å². The van der Waals surface area contributed by atoms with Gasteiger partial charge in [0.2, 0.25) is 0 Å². The van der Waals surface area contributed by atoms with Gasteiger partial charge in [-0.2, -0.15) is 0 Å². The summed E-state index contributed by atoms with van der Waals surface area (Å²) in [5, 5.41) is 9.93. The topological polar surface area (TPSA) is 101 Å². The zero-order chi connectivity index (χ0) is 10.9. The maximum Gasteiger partial charge on any atom is 0.363 e. The van der Waals surface area contributed by atoms with Crippen LogP contribution in [0, 0.1) is 17.0 Å². The van der Waals surface area contributed by atoms with Gasteiger partial charge in [0.15, 0.2) is 0 Å². The van der Waals surface area contributed by atoms with Crippen molar-refractivity contribution in [3.8, 4) is 0 Å². The van der Waals surface area contributed by atoms with E-state index in [0.717, 1.165) is 12.1 Å². The standard InChI is InChI=1S/C7H8NO5P/c1-5-2-3-7(14(11,12)13)6(4-5)8(9)10/h2-4H,1H3,(H2,11,12,13). The van der Waals surface area contributed by atoms with E-state index in [-0.39, 0.29) is 0 Å². The van der Waals surface area contributed by atoms with Crippen molar-refractivity contribution in [2.75, 3.05) is 0 Å². The molecule has 7 heteroatoms. The van der Waals surface area contributed by atoms with Crippen LogP contribution in [0.25, 0.3) is 0 Å². The van der Waals surface area contributed by atoms with Gasteiger partial charge in [0.05, 0.1) is 4.92 Å². The molecule has 14 heavy (non-hydrogen) atoms. The van der Waals surface area contributed by atoms with E-state index in [0.29, 0.717) is 5.56 Å². The van der Waals surface area contributed by atoms with E-state index in [4.69, 9.17) is 9.79 Å². The van der Waals surface area contributed by atoms with E-state index in [9.17, 15) is 14.7 Å².